The third-order valence-corrected chi connectivity index (χ3v) is 5.97. The van der Waals surface area contributed by atoms with Gasteiger partial charge in [-0.2, -0.15) is 0 Å². The van der Waals surface area contributed by atoms with Crippen molar-refractivity contribution in [2.24, 2.45) is 0 Å². The van der Waals surface area contributed by atoms with Crippen molar-refractivity contribution in [2.45, 2.75) is 64.0 Å². The summed E-state index contributed by atoms with van der Waals surface area (Å²) in [6.45, 7) is 2.11. The normalized spacial score (nSPS) is 21.2. The fourth-order valence-electron chi connectivity index (χ4n) is 3.79. The second kappa shape index (κ2) is 6.50. The van der Waals surface area contributed by atoms with Crippen LogP contribution in [0, 0.1) is 0 Å². The highest BCUT2D eigenvalue weighted by Gasteiger charge is 2.21. The molecule has 22 heavy (non-hydrogen) atoms. The van der Waals surface area contributed by atoms with Gasteiger partial charge in [-0.05, 0) is 49.1 Å². The molecular weight excluding hydrogens is 292 g/mol. The van der Waals surface area contributed by atoms with E-state index in [1.165, 1.54) is 55.7 Å². The fraction of sp³-hybridized carbons (Fsp3) is 0.647. The Balaban J connectivity index is 1.37. The third-order valence-electron chi connectivity index (χ3n) is 4.98. The number of nitrogens with zero attached hydrogens (tertiary/aromatic N) is 3. The van der Waals surface area contributed by atoms with E-state index in [1.807, 2.05) is 11.3 Å². The lowest BCUT2D eigenvalue weighted by atomic mass is 9.94. The van der Waals surface area contributed by atoms with Gasteiger partial charge in [0.15, 0.2) is 0 Å². The van der Waals surface area contributed by atoms with E-state index in [4.69, 9.17) is 0 Å². The minimum Gasteiger partial charge on any atom is -0.315 e. The van der Waals surface area contributed by atoms with Crippen LogP contribution in [0.3, 0.4) is 0 Å². The van der Waals surface area contributed by atoms with Crippen LogP contribution in [0.2, 0.25) is 0 Å². The van der Waals surface area contributed by atoms with Gasteiger partial charge < -0.3 is 9.88 Å². The van der Waals surface area contributed by atoms with Crippen LogP contribution < -0.4 is 5.32 Å². The molecule has 0 unspecified atom stereocenters. The average molecular weight is 316 g/mol. The van der Waals surface area contributed by atoms with Crippen LogP contribution in [0.15, 0.2) is 11.4 Å². The fourth-order valence-corrected chi connectivity index (χ4v) is 4.77. The Morgan fingerprint density at radius 3 is 3.18 bits per heavy atom. The molecule has 0 bridgehead atoms. The summed E-state index contributed by atoms with van der Waals surface area (Å²) in [5.41, 5.74) is 1.54. The molecule has 1 aliphatic carbocycles. The van der Waals surface area contributed by atoms with Crippen LogP contribution in [-0.2, 0) is 25.8 Å². The van der Waals surface area contributed by atoms with Crippen molar-refractivity contribution in [2.75, 3.05) is 6.54 Å². The van der Waals surface area contributed by atoms with Crippen LogP contribution in [0.25, 0.3) is 0 Å². The first-order chi connectivity index (χ1) is 10.9. The Morgan fingerprint density at radius 1 is 1.18 bits per heavy atom. The van der Waals surface area contributed by atoms with Gasteiger partial charge in [-0.15, -0.1) is 21.5 Å². The molecule has 0 spiro atoms. The van der Waals surface area contributed by atoms with E-state index in [-0.39, 0.29) is 0 Å². The lowest BCUT2D eigenvalue weighted by molar-refractivity contribution is 0.461. The smallest absolute Gasteiger partial charge is 0.134 e. The maximum atomic E-state index is 4.43. The van der Waals surface area contributed by atoms with E-state index in [2.05, 4.69) is 31.5 Å². The Bertz CT molecular complexity index is 630. The maximum absolute atomic E-state index is 4.43. The van der Waals surface area contributed by atoms with Crippen LogP contribution in [0.5, 0.6) is 0 Å². The predicted molar refractivity (Wildman–Crippen MR) is 89.3 cm³/mol. The Morgan fingerprint density at radius 2 is 2.18 bits per heavy atom. The van der Waals surface area contributed by atoms with Crippen molar-refractivity contribution < 1.29 is 0 Å². The summed E-state index contributed by atoms with van der Waals surface area (Å²) in [5, 5.41) is 14.8. The molecule has 1 aliphatic heterocycles. The summed E-state index contributed by atoms with van der Waals surface area (Å²) in [5.74, 6) is 2.37. The van der Waals surface area contributed by atoms with Crippen molar-refractivity contribution in [3.63, 3.8) is 0 Å². The summed E-state index contributed by atoms with van der Waals surface area (Å²) in [7, 11) is 0. The van der Waals surface area contributed by atoms with Gasteiger partial charge >= 0.3 is 0 Å². The number of nitrogens with one attached hydrogen (secondary N) is 1. The van der Waals surface area contributed by atoms with Crippen LogP contribution >= 0.6 is 11.3 Å². The van der Waals surface area contributed by atoms with Gasteiger partial charge in [0.05, 0.1) is 0 Å². The zero-order chi connectivity index (χ0) is 14.8. The molecule has 118 valence electrons. The molecule has 0 saturated heterocycles. The predicted octanol–water partition coefficient (Wildman–Crippen LogP) is 3.28. The quantitative estimate of drug-likeness (QED) is 0.941. The Labute approximate surface area is 136 Å². The van der Waals surface area contributed by atoms with Crippen molar-refractivity contribution in [3.8, 4) is 0 Å². The third kappa shape index (κ3) is 2.84. The Hall–Kier alpha value is -1.20. The van der Waals surface area contributed by atoms with Crippen LogP contribution in [-0.4, -0.2) is 21.3 Å². The van der Waals surface area contributed by atoms with Gasteiger partial charge in [0.25, 0.3) is 0 Å². The zero-order valence-corrected chi connectivity index (χ0v) is 13.9. The van der Waals surface area contributed by atoms with Crippen molar-refractivity contribution in [1.82, 2.24) is 20.1 Å². The summed E-state index contributed by atoms with van der Waals surface area (Å²) in [6, 6.07) is 2.85. The monoisotopic (exact) mass is 316 g/mol. The number of aromatic nitrogens is 3. The molecule has 2 aliphatic rings. The van der Waals surface area contributed by atoms with E-state index in [0.29, 0.717) is 6.04 Å². The second-order valence-electron chi connectivity index (χ2n) is 6.44. The molecule has 4 nitrogen and oxygen atoms in total. The number of fused-ring (bicyclic) bond motifs is 2. The first-order valence-corrected chi connectivity index (χ1v) is 9.50. The lowest BCUT2D eigenvalue weighted by Gasteiger charge is -2.23. The van der Waals surface area contributed by atoms with E-state index in [0.717, 1.165) is 25.9 Å². The molecule has 4 rings (SSSR count). The Kier molecular flexibility index (Phi) is 4.26. The van der Waals surface area contributed by atoms with E-state index >= 15 is 0 Å². The highest BCUT2D eigenvalue weighted by atomic mass is 32.1. The van der Waals surface area contributed by atoms with Gasteiger partial charge in [0, 0.05) is 36.9 Å². The van der Waals surface area contributed by atoms with Gasteiger partial charge in [-0.3, -0.25) is 0 Å². The molecule has 1 N–H and O–H groups in total. The number of hydrogen-bond acceptors (Lipinski definition) is 4. The second-order valence-corrected chi connectivity index (χ2v) is 7.44. The number of thiophene rings is 1. The largest absolute Gasteiger partial charge is 0.315 e. The minimum absolute atomic E-state index is 0.543. The van der Waals surface area contributed by atoms with Crippen molar-refractivity contribution in [3.05, 3.63) is 33.5 Å². The standard InChI is InChI=1S/C17H24N4S/c1-2-7-16-19-20-17(21(16)11-3-1)8-10-18-14-5-4-6-15-13(14)9-12-22-15/h9,12,14,18H,1-8,10-11H2/t14-/m1/s1. The summed E-state index contributed by atoms with van der Waals surface area (Å²) >= 11 is 1.91. The van der Waals surface area contributed by atoms with Crippen LogP contribution in [0.1, 0.15) is 60.2 Å². The number of hydrogen-bond donors (Lipinski definition) is 1. The van der Waals surface area contributed by atoms with Crippen LogP contribution in [0.4, 0.5) is 0 Å². The van der Waals surface area contributed by atoms with Gasteiger partial charge in [0.1, 0.15) is 11.6 Å². The number of rotatable bonds is 4. The average Bonchev–Trinajstić information content (AvgIpc) is 3.09. The SMILES string of the molecule is c1cc2c(s1)CCC[C@H]2NCCc1nnc2n1CCCCC2. The van der Waals surface area contributed by atoms with Crippen molar-refractivity contribution >= 4 is 11.3 Å². The zero-order valence-electron chi connectivity index (χ0n) is 13.1. The summed E-state index contributed by atoms with van der Waals surface area (Å²) in [4.78, 5) is 1.58. The van der Waals surface area contributed by atoms with E-state index in [1.54, 1.807) is 4.88 Å². The van der Waals surface area contributed by atoms with Gasteiger partial charge in [0.2, 0.25) is 0 Å². The molecule has 1 atom stereocenters. The van der Waals surface area contributed by atoms with Crippen molar-refractivity contribution in [1.29, 1.82) is 0 Å². The molecule has 2 aromatic heterocycles. The molecule has 0 fully saturated rings. The van der Waals surface area contributed by atoms with Gasteiger partial charge in [-0.1, -0.05) is 6.42 Å². The molecule has 0 amide bonds. The number of aryl methyl sites for hydroxylation is 2. The molecule has 2 aromatic rings. The minimum atomic E-state index is 0.543. The molecule has 3 heterocycles. The highest BCUT2D eigenvalue weighted by Crippen LogP contribution is 2.33. The van der Waals surface area contributed by atoms with E-state index < -0.39 is 0 Å². The van der Waals surface area contributed by atoms with E-state index in [9.17, 15) is 0 Å². The summed E-state index contributed by atoms with van der Waals surface area (Å²) in [6.07, 6.45) is 9.79. The first kappa shape index (κ1) is 14.4. The summed E-state index contributed by atoms with van der Waals surface area (Å²) < 4.78 is 2.37. The lowest BCUT2D eigenvalue weighted by Crippen LogP contribution is -2.27. The molecule has 5 heteroatoms. The molecule has 0 radical (unpaired) electrons. The molecule has 0 aromatic carbocycles. The topological polar surface area (TPSA) is 42.7 Å². The molecular formula is C17H24N4S. The van der Waals surface area contributed by atoms with Gasteiger partial charge in [-0.25, -0.2) is 0 Å². The molecule has 0 saturated carbocycles. The maximum Gasteiger partial charge on any atom is 0.134 e. The highest BCUT2D eigenvalue weighted by molar-refractivity contribution is 7.10. The first-order valence-electron chi connectivity index (χ1n) is 8.62.